The summed E-state index contributed by atoms with van der Waals surface area (Å²) in [6.45, 7) is 3.49. The Bertz CT molecular complexity index is 778. The van der Waals surface area contributed by atoms with Gasteiger partial charge in [0.25, 0.3) is 5.69 Å². The molecule has 114 valence electrons. The molecule has 0 aliphatic rings. The molecule has 0 bridgehead atoms. The summed E-state index contributed by atoms with van der Waals surface area (Å²) < 4.78 is 5.00. The Morgan fingerprint density at radius 1 is 1.32 bits per heavy atom. The number of aryl methyl sites for hydroxylation is 1. The molecule has 0 saturated carbocycles. The monoisotopic (exact) mass is 302 g/mol. The highest BCUT2D eigenvalue weighted by atomic mass is 16.6. The Labute approximate surface area is 125 Å². The van der Waals surface area contributed by atoms with E-state index in [-0.39, 0.29) is 23.4 Å². The minimum atomic E-state index is -0.551. The number of nitro groups is 1. The van der Waals surface area contributed by atoms with Crippen LogP contribution in [0.25, 0.3) is 11.1 Å². The van der Waals surface area contributed by atoms with E-state index in [2.05, 4.69) is 4.98 Å². The summed E-state index contributed by atoms with van der Waals surface area (Å²) in [5, 5.41) is 10.7. The Hall–Kier alpha value is -2.96. The molecule has 1 aromatic carbocycles. The zero-order chi connectivity index (χ0) is 16.3. The zero-order valence-electron chi connectivity index (χ0n) is 12.1. The number of esters is 1. The summed E-state index contributed by atoms with van der Waals surface area (Å²) in [5.74, 6) is -0.551. The summed E-state index contributed by atoms with van der Waals surface area (Å²) in [7, 11) is 0. The summed E-state index contributed by atoms with van der Waals surface area (Å²) >= 11 is 0. The number of H-pyrrole nitrogens is 1. The Kier molecular flexibility index (Phi) is 4.36. The van der Waals surface area contributed by atoms with Crippen LogP contribution in [-0.4, -0.2) is 22.5 Å². The summed E-state index contributed by atoms with van der Waals surface area (Å²) in [5.41, 5.74) is 1.12. The van der Waals surface area contributed by atoms with E-state index < -0.39 is 10.9 Å². The standard InChI is InChI=1S/C15H14N2O5/c1-3-22-15(19)14-9(2)16-13(18)8-12(14)10-4-6-11(7-5-10)17(20)21/h4-8H,3H2,1-2H3,(H,16,18). The molecule has 1 aromatic heterocycles. The second kappa shape index (κ2) is 6.21. The molecule has 0 unspecified atom stereocenters. The predicted molar refractivity (Wildman–Crippen MR) is 79.8 cm³/mol. The molecule has 7 nitrogen and oxygen atoms in total. The van der Waals surface area contributed by atoms with Crippen LogP contribution in [0.1, 0.15) is 23.0 Å². The number of nitrogens with zero attached hydrogens (tertiary/aromatic N) is 1. The molecule has 2 aromatic rings. The number of aromatic amines is 1. The molecule has 0 amide bonds. The molecule has 0 atom stereocenters. The van der Waals surface area contributed by atoms with Crippen LogP contribution in [0, 0.1) is 17.0 Å². The van der Waals surface area contributed by atoms with Crippen LogP contribution in [0.2, 0.25) is 0 Å². The third kappa shape index (κ3) is 3.03. The second-order valence-electron chi connectivity index (χ2n) is 4.57. The lowest BCUT2D eigenvalue weighted by Gasteiger charge is -2.11. The molecule has 22 heavy (non-hydrogen) atoms. The van der Waals surface area contributed by atoms with Gasteiger partial charge in [-0.05, 0) is 31.5 Å². The molecule has 1 heterocycles. The highest BCUT2D eigenvalue weighted by molar-refractivity contribution is 5.98. The van der Waals surface area contributed by atoms with Crippen LogP contribution in [-0.2, 0) is 4.74 Å². The molecule has 0 radical (unpaired) electrons. The molecule has 0 aliphatic heterocycles. The highest BCUT2D eigenvalue weighted by Crippen LogP contribution is 2.26. The summed E-state index contributed by atoms with van der Waals surface area (Å²) in [6.07, 6.45) is 0. The number of aromatic nitrogens is 1. The fraction of sp³-hybridized carbons (Fsp3) is 0.200. The third-order valence-corrected chi connectivity index (χ3v) is 3.10. The Balaban J connectivity index is 2.60. The number of hydrogen-bond acceptors (Lipinski definition) is 5. The van der Waals surface area contributed by atoms with Crippen molar-refractivity contribution in [2.45, 2.75) is 13.8 Å². The van der Waals surface area contributed by atoms with Crippen LogP contribution in [0.3, 0.4) is 0 Å². The number of nitro benzene ring substituents is 1. The van der Waals surface area contributed by atoms with E-state index in [1.807, 2.05) is 0 Å². The maximum Gasteiger partial charge on any atom is 0.340 e. The summed E-state index contributed by atoms with van der Waals surface area (Å²) in [6, 6.07) is 6.91. The van der Waals surface area contributed by atoms with Gasteiger partial charge in [0.05, 0.1) is 17.1 Å². The maximum absolute atomic E-state index is 12.1. The first-order chi connectivity index (χ1) is 10.4. The van der Waals surface area contributed by atoms with E-state index >= 15 is 0 Å². The molecular formula is C15H14N2O5. The number of nitrogens with one attached hydrogen (secondary N) is 1. The van der Waals surface area contributed by atoms with Gasteiger partial charge in [0.2, 0.25) is 5.56 Å². The third-order valence-electron chi connectivity index (χ3n) is 3.10. The van der Waals surface area contributed by atoms with Gasteiger partial charge in [-0.15, -0.1) is 0 Å². The van der Waals surface area contributed by atoms with Crippen molar-refractivity contribution in [1.29, 1.82) is 0 Å². The summed E-state index contributed by atoms with van der Waals surface area (Å²) in [4.78, 5) is 36.5. The number of rotatable bonds is 4. The molecule has 2 rings (SSSR count). The van der Waals surface area contributed by atoms with Crippen molar-refractivity contribution in [1.82, 2.24) is 4.98 Å². The van der Waals surface area contributed by atoms with E-state index in [1.54, 1.807) is 13.8 Å². The van der Waals surface area contributed by atoms with Crippen molar-refractivity contribution in [2.24, 2.45) is 0 Å². The minimum Gasteiger partial charge on any atom is -0.462 e. The van der Waals surface area contributed by atoms with Crippen LogP contribution in [0.4, 0.5) is 5.69 Å². The van der Waals surface area contributed by atoms with Gasteiger partial charge in [-0.3, -0.25) is 14.9 Å². The lowest BCUT2D eigenvalue weighted by atomic mass is 9.99. The number of carbonyl (C=O) groups excluding carboxylic acids is 1. The number of benzene rings is 1. The molecule has 0 spiro atoms. The van der Waals surface area contributed by atoms with E-state index in [4.69, 9.17) is 4.74 Å². The van der Waals surface area contributed by atoms with E-state index in [0.29, 0.717) is 16.8 Å². The number of ether oxygens (including phenoxy) is 1. The van der Waals surface area contributed by atoms with Crippen molar-refractivity contribution in [2.75, 3.05) is 6.61 Å². The van der Waals surface area contributed by atoms with Gasteiger partial charge in [-0.1, -0.05) is 0 Å². The van der Waals surface area contributed by atoms with Crippen LogP contribution < -0.4 is 5.56 Å². The first-order valence-corrected chi connectivity index (χ1v) is 6.60. The van der Waals surface area contributed by atoms with Gasteiger partial charge in [0, 0.05) is 29.5 Å². The number of carbonyl (C=O) groups is 1. The smallest absolute Gasteiger partial charge is 0.340 e. The number of hydrogen-bond donors (Lipinski definition) is 1. The molecule has 1 N–H and O–H groups in total. The average Bonchev–Trinajstić information content (AvgIpc) is 2.46. The van der Waals surface area contributed by atoms with Crippen molar-refractivity contribution < 1.29 is 14.5 Å². The number of non-ortho nitro benzene ring substituents is 1. The van der Waals surface area contributed by atoms with Crippen molar-refractivity contribution in [3.63, 3.8) is 0 Å². The maximum atomic E-state index is 12.1. The number of pyridine rings is 1. The van der Waals surface area contributed by atoms with Crippen LogP contribution in [0.15, 0.2) is 35.1 Å². The first-order valence-electron chi connectivity index (χ1n) is 6.60. The van der Waals surface area contributed by atoms with Gasteiger partial charge in [-0.2, -0.15) is 0 Å². The zero-order valence-corrected chi connectivity index (χ0v) is 12.1. The normalized spacial score (nSPS) is 10.3. The lowest BCUT2D eigenvalue weighted by molar-refractivity contribution is -0.384. The minimum absolute atomic E-state index is 0.0667. The van der Waals surface area contributed by atoms with Crippen LogP contribution >= 0.6 is 0 Å². The van der Waals surface area contributed by atoms with Gasteiger partial charge in [0.1, 0.15) is 0 Å². The Morgan fingerprint density at radius 2 is 1.95 bits per heavy atom. The lowest BCUT2D eigenvalue weighted by Crippen LogP contribution is -2.16. The quantitative estimate of drug-likeness (QED) is 0.531. The van der Waals surface area contributed by atoms with E-state index in [1.165, 1.54) is 30.3 Å². The topological polar surface area (TPSA) is 102 Å². The fourth-order valence-corrected chi connectivity index (χ4v) is 2.15. The van der Waals surface area contributed by atoms with E-state index in [9.17, 15) is 19.7 Å². The van der Waals surface area contributed by atoms with Crippen molar-refractivity contribution in [3.8, 4) is 11.1 Å². The van der Waals surface area contributed by atoms with Gasteiger partial charge >= 0.3 is 5.97 Å². The van der Waals surface area contributed by atoms with E-state index in [0.717, 1.165) is 0 Å². The predicted octanol–water partition coefficient (Wildman–Crippen LogP) is 2.44. The highest BCUT2D eigenvalue weighted by Gasteiger charge is 2.19. The van der Waals surface area contributed by atoms with Crippen molar-refractivity contribution in [3.05, 3.63) is 62.1 Å². The van der Waals surface area contributed by atoms with Crippen molar-refractivity contribution >= 4 is 11.7 Å². The fourth-order valence-electron chi connectivity index (χ4n) is 2.15. The molecule has 0 aliphatic carbocycles. The van der Waals surface area contributed by atoms with Gasteiger partial charge in [-0.25, -0.2) is 4.79 Å². The Morgan fingerprint density at radius 3 is 2.50 bits per heavy atom. The SMILES string of the molecule is CCOC(=O)c1c(-c2ccc([N+](=O)[O-])cc2)cc(=O)[nH]c1C. The largest absolute Gasteiger partial charge is 0.462 e. The molecule has 0 saturated heterocycles. The molecular weight excluding hydrogens is 288 g/mol. The second-order valence-corrected chi connectivity index (χ2v) is 4.57. The van der Waals surface area contributed by atoms with Gasteiger partial charge in [0.15, 0.2) is 0 Å². The first kappa shape index (κ1) is 15.4. The average molecular weight is 302 g/mol. The van der Waals surface area contributed by atoms with Crippen LogP contribution in [0.5, 0.6) is 0 Å². The van der Waals surface area contributed by atoms with Gasteiger partial charge < -0.3 is 9.72 Å². The molecule has 7 heteroatoms. The molecule has 0 fully saturated rings.